The first-order chi connectivity index (χ1) is 7.28. The van der Waals surface area contributed by atoms with Gasteiger partial charge in [0.25, 0.3) is 0 Å². The highest BCUT2D eigenvalue weighted by molar-refractivity contribution is 5.82. The van der Waals surface area contributed by atoms with Crippen molar-refractivity contribution in [1.29, 1.82) is 0 Å². The predicted octanol–water partition coefficient (Wildman–Crippen LogP) is 1.95. The number of aliphatic hydroxyl groups is 1. The number of aliphatic hydroxyl groups excluding tert-OH is 1. The average molecular weight is 227 g/mol. The van der Waals surface area contributed by atoms with Crippen molar-refractivity contribution in [3.05, 3.63) is 0 Å². The molecule has 1 amide bonds. The van der Waals surface area contributed by atoms with Gasteiger partial charge in [-0.05, 0) is 30.1 Å². The lowest BCUT2D eigenvalue weighted by Gasteiger charge is -2.21. The molecular weight excluding hydrogens is 202 g/mol. The van der Waals surface area contributed by atoms with Crippen LogP contribution in [0.2, 0.25) is 0 Å². The summed E-state index contributed by atoms with van der Waals surface area (Å²) in [6.45, 7) is 9.28. The van der Waals surface area contributed by atoms with Crippen LogP contribution < -0.4 is 5.32 Å². The van der Waals surface area contributed by atoms with Gasteiger partial charge < -0.3 is 10.4 Å². The summed E-state index contributed by atoms with van der Waals surface area (Å²) in [7, 11) is 0. The van der Waals surface area contributed by atoms with E-state index in [1.807, 2.05) is 13.8 Å². The molecule has 0 aromatic carbocycles. The molecule has 1 unspecified atom stereocenters. The van der Waals surface area contributed by atoms with E-state index in [-0.39, 0.29) is 29.3 Å². The second kappa shape index (κ2) is 4.74. The maximum Gasteiger partial charge on any atom is 0.223 e. The Morgan fingerprint density at radius 1 is 1.50 bits per heavy atom. The molecule has 0 heterocycles. The van der Waals surface area contributed by atoms with Crippen molar-refractivity contribution in [1.82, 2.24) is 5.32 Å². The monoisotopic (exact) mass is 227 g/mol. The molecule has 0 aliphatic heterocycles. The van der Waals surface area contributed by atoms with Crippen LogP contribution >= 0.6 is 0 Å². The summed E-state index contributed by atoms with van der Waals surface area (Å²) in [5.74, 6) is 0.421. The van der Waals surface area contributed by atoms with E-state index >= 15 is 0 Å². The SMILES string of the molecule is CC(C)(CO)CCCNC(=O)C1CC1(C)C. The fourth-order valence-corrected chi connectivity index (χ4v) is 1.90. The smallest absolute Gasteiger partial charge is 0.223 e. The number of hydrogen-bond acceptors (Lipinski definition) is 2. The average Bonchev–Trinajstić information content (AvgIpc) is 2.82. The largest absolute Gasteiger partial charge is 0.396 e. The molecule has 0 spiro atoms. The number of amides is 1. The van der Waals surface area contributed by atoms with E-state index in [0.717, 1.165) is 25.8 Å². The number of nitrogens with one attached hydrogen (secondary N) is 1. The third-order valence-electron chi connectivity index (χ3n) is 3.59. The molecule has 3 heteroatoms. The third-order valence-corrected chi connectivity index (χ3v) is 3.59. The Balaban J connectivity index is 2.11. The molecule has 0 aromatic rings. The fraction of sp³-hybridized carbons (Fsp3) is 0.923. The maximum atomic E-state index is 11.7. The Kier molecular flexibility index (Phi) is 4.00. The maximum absolute atomic E-state index is 11.7. The summed E-state index contributed by atoms with van der Waals surface area (Å²) in [5.41, 5.74) is 0.192. The Morgan fingerprint density at radius 2 is 2.06 bits per heavy atom. The summed E-state index contributed by atoms with van der Waals surface area (Å²) in [6.07, 6.45) is 2.89. The molecule has 1 aliphatic rings. The van der Waals surface area contributed by atoms with Crippen LogP contribution in [0.5, 0.6) is 0 Å². The Bertz CT molecular complexity index is 259. The van der Waals surface area contributed by atoms with Gasteiger partial charge in [0, 0.05) is 19.1 Å². The van der Waals surface area contributed by atoms with Crippen LogP contribution in [-0.4, -0.2) is 24.2 Å². The minimum atomic E-state index is -0.0242. The Hall–Kier alpha value is -0.570. The lowest BCUT2D eigenvalue weighted by molar-refractivity contribution is -0.123. The van der Waals surface area contributed by atoms with E-state index < -0.39 is 0 Å². The molecule has 0 saturated heterocycles. The Labute approximate surface area is 98.6 Å². The topological polar surface area (TPSA) is 49.3 Å². The number of rotatable bonds is 6. The molecular formula is C13H25NO2. The van der Waals surface area contributed by atoms with Crippen LogP contribution in [0.15, 0.2) is 0 Å². The van der Waals surface area contributed by atoms with Gasteiger partial charge in [-0.2, -0.15) is 0 Å². The van der Waals surface area contributed by atoms with Gasteiger partial charge in [-0.25, -0.2) is 0 Å². The molecule has 1 aliphatic carbocycles. The highest BCUT2D eigenvalue weighted by Gasteiger charge is 2.50. The third kappa shape index (κ3) is 3.78. The second-order valence-corrected chi connectivity index (χ2v) is 6.46. The molecule has 0 aromatic heterocycles. The first-order valence-corrected chi connectivity index (χ1v) is 6.17. The van der Waals surface area contributed by atoms with Crippen molar-refractivity contribution in [2.75, 3.05) is 13.2 Å². The van der Waals surface area contributed by atoms with E-state index in [9.17, 15) is 4.79 Å². The van der Waals surface area contributed by atoms with Crippen LogP contribution in [0, 0.1) is 16.7 Å². The van der Waals surface area contributed by atoms with E-state index in [0.29, 0.717) is 0 Å². The molecule has 1 atom stereocenters. The van der Waals surface area contributed by atoms with Gasteiger partial charge in [0.2, 0.25) is 5.91 Å². The minimum Gasteiger partial charge on any atom is -0.396 e. The van der Waals surface area contributed by atoms with E-state index in [4.69, 9.17) is 5.11 Å². The zero-order valence-electron chi connectivity index (χ0n) is 11.0. The zero-order valence-corrected chi connectivity index (χ0v) is 11.0. The minimum absolute atomic E-state index is 0.0242. The van der Waals surface area contributed by atoms with Crippen LogP contribution in [0.3, 0.4) is 0 Å². The quantitative estimate of drug-likeness (QED) is 0.681. The highest BCUT2D eigenvalue weighted by Crippen LogP contribution is 2.51. The van der Waals surface area contributed by atoms with Gasteiger partial charge in [0.05, 0.1) is 0 Å². The Morgan fingerprint density at radius 3 is 2.50 bits per heavy atom. The van der Waals surface area contributed by atoms with Gasteiger partial charge in [0.1, 0.15) is 0 Å². The van der Waals surface area contributed by atoms with Crippen molar-refractivity contribution < 1.29 is 9.90 Å². The molecule has 1 saturated carbocycles. The van der Waals surface area contributed by atoms with Crippen LogP contribution in [0.1, 0.15) is 47.0 Å². The van der Waals surface area contributed by atoms with Crippen molar-refractivity contribution in [3.63, 3.8) is 0 Å². The van der Waals surface area contributed by atoms with Crippen molar-refractivity contribution >= 4 is 5.91 Å². The van der Waals surface area contributed by atoms with E-state index in [1.165, 1.54) is 0 Å². The molecule has 1 rings (SSSR count). The van der Waals surface area contributed by atoms with Crippen molar-refractivity contribution in [2.45, 2.75) is 47.0 Å². The summed E-state index contributed by atoms with van der Waals surface area (Å²) in [5, 5.41) is 12.1. The lowest BCUT2D eigenvalue weighted by atomic mass is 9.89. The standard InChI is InChI=1S/C13H25NO2/c1-12(2,9-15)6-5-7-14-11(16)10-8-13(10,3)4/h10,15H,5-9H2,1-4H3,(H,14,16). The second-order valence-electron chi connectivity index (χ2n) is 6.46. The summed E-state index contributed by atoms with van der Waals surface area (Å²) >= 11 is 0. The van der Waals surface area contributed by atoms with E-state index in [1.54, 1.807) is 0 Å². The van der Waals surface area contributed by atoms with Gasteiger partial charge >= 0.3 is 0 Å². The number of carbonyl (C=O) groups is 1. The highest BCUT2D eigenvalue weighted by atomic mass is 16.3. The first-order valence-electron chi connectivity index (χ1n) is 6.17. The van der Waals surface area contributed by atoms with Gasteiger partial charge in [-0.3, -0.25) is 4.79 Å². The van der Waals surface area contributed by atoms with Crippen molar-refractivity contribution in [3.8, 4) is 0 Å². The van der Waals surface area contributed by atoms with Gasteiger partial charge in [-0.15, -0.1) is 0 Å². The van der Waals surface area contributed by atoms with Crippen LogP contribution in [-0.2, 0) is 4.79 Å². The molecule has 0 bridgehead atoms. The van der Waals surface area contributed by atoms with Gasteiger partial charge in [0.15, 0.2) is 0 Å². The summed E-state index contributed by atoms with van der Waals surface area (Å²) < 4.78 is 0. The molecule has 2 N–H and O–H groups in total. The zero-order chi connectivity index (χ0) is 12.4. The van der Waals surface area contributed by atoms with E-state index in [2.05, 4.69) is 19.2 Å². The van der Waals surface area contributed by atoms with Crippen molar-refractivity contribution in [2.24, 2.45) is 16.7 Å². The molecule has 0 radical (unpaired) electrons. The molecule has 3 nitrogen and oxygen atoms in total. The first kappa shape index (κ1) is 13.5. The lowest BCUT2D eigenvalue weighted by Crippen LogP contribution is -2.28. The molecule has 16 heavy (non-hydrogen) atoms. The van der Waals surface area contributed by atoms with Crippen LogP contribution in [0.4, 0.5) is 0 Å². The summed E-state index contributed by atoms with van der Waals surface area (Å²) in [4.78, 5) is 11.7. The fourth-order valence-electron chi connectivity index (χ4n) is 1.90. The van der Waals surface area contributed by atoms with Crippen LogP contribution in [0.25, 0.3) is 0 Å². The molecule has 94 valence electrons. The summed E-state index contributed by atoms with van der Waals surface area (Å²) in [6, 6.07) is 0. The predicted molar refractivity (Wildman–Crippen MR) is 65.0 cm³/mol. The number of hydrogen-bond donors (Lipinski definition) is 2. The normalized spacial score (nSPS) is 22.9. The molecule has 1 fully saturated rings. The van der Waals surface area contributed by atoms with Gasteiger partial charge in [-0.1, -0.05) is 27.7 Å². The number of carbonyl (C=O) groups excluding carboxylic acids is 1.